The van der Waals surface area contributed by atoms with Gasteiger partial charge in [-0.15, -0.1) is 0 Å². The number of nitro groups is 1. The van der Waals surface area contributed by atoms with Crippen molar-refractivity contribution < 1.29 is 19.2 Å². The zero-order chi connectivity index (χ0) is 17.0. The van der Waals surface area contributed by atoms with E-state index in [1.54, 1.807) is 24.3 Å². The number of ketones is 1. The second-order valence-corrected chi connectivity index (χ2v) is 5.36. The van der Waals surface area contributed by atoms with Gasteiger partial charge in [0.1, 0.15) is 5.69 Å². The number of nitrogen functional groups attached to an aromatic ring is 1. The van der Waals surface area contributed by atoms with E-state index in [1.807, 2.05) is 0 Å². The van der Waals surface area contributed by atoms with E-state index in [1.165, 1.54) is 12.1 Å². The fourth-order valence-corrected chi connectivity index (χ4v) is 2.31. The average molecular weight is 379 g/mol. The van der Waals surface area contributed by atoms with Crippen LogP contribution in [0.3, 0.4) is 0 Å². The lowest BCUT2D eigenvalue weighted by atomic mass is 10.1. The topological polar surface area (TPSA) is 113 Å². The van der Waals surface area contributed by atoms with Crippen LogP contribution in [-0.2, 0) is 4.74 Å². The van der Waals surface area contributed by atoms with Crippen LogP contribution in [0.1, 0.15) is 20.7 Å². The largest absolute Gasteiger partial charge is 0.454 e. The monoisotopic (exact) mass is 378 g/mol. The first-order chi connectivity index (χ1) is 10.9. The van der Waals surface area contributed by atoms with Gasteiger partial charge in [0.2, 0.25) is 5.78 Å². The maximum atomic E-state index is 12.0. The molecule has 0 saturated carbocycles. The van der Waals surface area contributed by atoms with Gasteiger partial charge in [0.15, 0.2) is 6.61 Å². The number of nitrogens with two attached hydrogens (primary N) is 1. The van der Waals surface area contributed by atoms with Gasteiger partial charge in [0.05, 0.1) is 10.5 Å². The number of nitrogens with zero attached hydrogens (tertiary/aromatic N) is 1. The molecule has 0 aromatic heterocycles. The van der Waals surface area contributed by atoms with Crippen LogP contribution >= 0.6 is 15.9 Å². The van der Waals surface area contributed by atoms with Crippen molar-refractivity contribution in [2.75, 3.05) is 12.3 Å². The molecule has 0 bridgehead atoms. The highest BCUT2D eigenvalue weighted by atomic mass is 79.9. The molecule has 0 spiro atoms. The standard InChI is InChI=1S/C15H11BrN2O5/c16-11-4-2-1-3-10(11)14(19)8-23-15(20)9-5-6-12(17)13(7-9)18(21)22/h1-7H,8,17H2. The van der Waals surface area contributed by atoms with Crippen LogP contribution in [-0.4, -0.2) is 23.3 Å². The molecule has 0 radical (unpaired) electrons. The summed E-state index contributed by atoms with van der Waals surface area (Å²) >= 11 is 3.23. The first kappa shape index (κ1) is 16.6. The summed E-state index contributed by atoms with van der Waals surface area (Å²) in [6.07, 6.45) is 0. The predicted molar refractivity (Wildman–Crippen MR) is 86.3 cm³/mol. The van der Waals surface area contributed by atoms with Crippen molar-refractivity contribution in [3.63, 3.8) is 0 Å². The highest BCUT2D eigenvalue weighted by Crippen LogP contribution is 2.23. The molecule has 2 rings (SSSR count). The van der Waals surface area contributed by atoms with Crippen LogP contribution in [0.15, 0.2) is 46.9 Å². The van der Waals surface area contributed by atoms with Crippen LogP contribution in [0, 0.1) is 10.1 Å². The number of hydrogen-bond donors (Lipinski definition) is 1. The Morgan fingerprint density at radius 1 is 1.22 bits per heavy atom. The van der Waals surface area contributed by atoms with Gasteiger partial charge in [-0.3, -0.25) is 14.9 Å². The summed E-state index contributed by atoms with van der Waals surface area (Å²) in [6.45, 7) is -0.473. The molecule has 7 nitrogen and oxygen atoms in total. The first-order valence-corrected chi connectivity index (χ1v) is 7.18. The summed E-state index contributed by atoms with van der Waals surface area (Å²) in [6, 6.07) is 10.3. The normalized spacial score (nSPS) is 10.1. The van der Waals surface area contributed by atoms with Gasteiger partial charge >= 0.3 is 5.97 Å². The maximum Gasteiger partial charge on any atom is 0.338 e. The van der Waals surface area contributed by atoms with E-state index in [4.69, 9.17) is 10.5 Å². The van der Waals surface area contributed by atoms with Gasteiger partial charge in [-0.05, 0) is 18.2 Å². The third-order valence-corrected chi connectivity index (χ3v) is 3.66. The van der Waals surface area contributed by atoms with E-state index in [2.05, 4.69) is 15.9 Å². The predicted octanol–water partition coefficient (Wildman–Crippen LogP) is 2.98. The third-order valence-electron chi connectivity index (χ3n) is 2.97. The van der Waals surface area contributed by atoms with E-state index < -0.39 is 29.0 Å². The Labute approximate surface area is 139 Å². The molecule has 0 aliphatic carbocycles. The average Bonchev–Trinajstić information content (AvgIpc) is 2.52. The molecule has 0 heterocycles. The lowest BCUT2D eigenvalue weighted by Gasteiger charge is -2.06. The Hall–Kier alpha value is -2.74. The van der Waals surface area contributed by atoms with Crippen LogP contribution in [0.4, 0.5) is 11.4 Å². The minimum Gasteiger partial charge on any atom is -0.454 e. The Bertz CT molecular complexity index is 791. The van der Waals surface area contributed by atoms with Crippen molar-refractivity contribution in [3.8, 4) is 0 Å². The number of halogens is 1. The number of nitro benzene ring substituents is 1. The van der Waals surface area contributed by atoms with E-state index in [0.29, 0.717) is 10.0 Å². The molecule has 0 amide bonds. The zero-order valence-corrected chi connectivity index (χ0v) is 13.3. The summed E-state index contributed by atoms with van der Waals surface area (Å²) in [5.41, 5.74) is 5.33. The quantitative estimate of drug-likeness (QED) is 0.281. The minimum absolute atomic E-state index is 0.0502. The van der Waals surface area contributed by atoms with Crippen molar-refractivity contribution in [2.24, 2.45) is 0 Å². The molecule has 23 heavy (non-hydrogen) atoms. The fourth-order valence-electron chi connectivity index (χ4n) is 1.81. The van der Waals surface area contributed by atoms with Gasteiger partial charge in [0, 0.05) is 16.1 Å². The van der Waals surface area contributed by atoms with Gasteiger partial charge in [-0.2, -0.15) is 0 Å². The van der Waals surface area contributed by atoms with Gasteiger partial charge < -0.3 is 10.5 Å². The van der Waals surface area contributed by atoms with Crippen molar-refractivity contribution in [1.29, 1.82) is 0 Å². The lowest BCUT2D eigenvalue weighted by molar-refractivity contribution is -0.383. The second-order valence-electron chi connectivity index (χ2n) is 4.51. The molecule has 0 aliphatic rings. The molecule has 0 aliphatic heterocycles. The van der Waals surface area contributed by atoms with Crippen LogP contribution in [0.5, 0.6) is 0 Å². The number of carbonyl (C=O) groups is 2. The number of anilines is 1. The van der Waals surface area contributed by atoms with Gasteiger partial charge in [-0.1, -0.05) is 34.1 Å². The number of Topliss-reactive ketones (excluding diaryl/α,β-unsaturated/α-hetero) is 1. The van der Waals surface area contributed by atoms with Crippen molar-refractivity contribution in [3.05, 3.63) is 68.2 Å². The SMILES string of the molecule is Nc1ccc(C(=O)OCC(=O)c2ccccc2Br)cc1[N+](=O)[O-]. The van der Waals surface area contributed by atoms with Crippen LogP contribution in [0.25, 0.3) is 0 Å². The molecular weight excluding hydrogens is 368 g/mol. The van der Waals surface area contributed by atoms with E-state index in [-0.39, 0.29) is 11.3 Å². The summed E-state index contributed by atoms with van der Waals surface area (Å²) in [5, 5.41) is 10.8. The number of carbonyl (C=O) groups excluding carboxylic acids is 2. The molecule has 2 N–H and O–H groups in total. The number of hydrogen-bond acceptors (Lipinski definition) is 6. The number of rotatable bonds is 5. The number of benzene rings is 2. The maximum absolute atomic E-state index is 12.0. The molecule has 8 heteroatoms. The zero-order valence-electron chi connectivity index (χ0n) is 11.7. The molecule has 0 saturated heterocycles. The van der Waals surface area contributed by atoms with Gasteiger partial charge in [0.25, 0.3) is 5.69 Å². The fraction of sp³-hybridized carbons (Fsp3) is 0.0667. The van der Waals surface area contributed by atoms with Crippen molar-refractivity contribution in [1.82, 2.24) is 0 Å². The smallest absolute Gasteiger partial charge is 0.338 e. The Morgan fingerprint density at radius 3 is 2.57 bits per heavy atom. The minimum atomic E-state index is -0.839. The summed E-state index contributed by atoms with van der Waals surface area (Å²) < 4.78 is 5.49. The van der Waals surface area contributed by atoms with Crippen molar-refractivity contribution >= 4 is 39.1 Å². The highest BCUT2D eigenvalue weighted by Gasteiger charge is 2.18. The molecule has 0 fully saturated rings. The molecule has 0 atom stereocenters. The second kappa shape index (κ2) is 7.01. The summed E-state index contributed by atoms with van der Waals surface area (Å²) in [5.74, 6) is -1.23. The Kier molecular flexibility index (Phi) is 5.07. The van der Waals surface area contributed by atoms with E-state index >= 15 is 0 Å². The van der Waals surface area contributed by atoms with Gasteiger partial charge in [-0.25, -0.2) is 4.79 Å². The van der Waals surface area contributed by atoms with Crippen molar-refractivity contribution in [2.45, 2.75) is 0 Å². The Morgan fingerprint density at radius 2 is 1.91 bits per heavy atom. The number of ether oxygens (including phenoxy) is 1. The van der Waals surface area contributed by atoms with E-state index in [0.717, 1.165) is 6.07 Å². The summed E-state index contributed by atoms with van der Waals surface area (Å²) in [7, 11) is 0. The molecule has 2 aromatic rings. The van der Waals surface area contributed by atoms with Crippen LogP contribution < -0.4 is 5.73 Å². The molecule has 2 aromatic carbocycles. The highest BCUT2D eigenvalue weighted by molar-refractivity contribution is 9.10. The molecule has 0 unspecified atom stereocenters. The third kappa shape index (κ3) is 3.92. The first-order valence-electron chi connectivity index (χ1n) is 6.39. The van der Waals surface area contributed by atoms with Crippen LogP contribution in [0.2, 0.25) is 0 Å². The lowest BCUT2D eigenvalue weighted by Crippen LogP contribution is -2.15. The molecular formula is C15H11BrN2O5. The summed E-state index contributed by atoms with van der Waals surface area (Å²) in [4.78, 5) is 34.0. The van der Waals surface area contributed by atoms with E-state index in [9.17, 15) is 19.7 Å². The molecule has 118 valence electrons. The number of esters is 1. The Balaban J connectivity index is 2.08.